The Morgan fingerprint density at radius 2 is 1.76 bits per heavy atom. The van der Waals surface area contributed by atoms with Crippen molar-refractivity contribution in [3.05, 3.63) is 0 Å². The summed E-state index contributed by atoms with van der Waals surface area (Å²) < 4.78 is 4.95. The molecule has 0 radical (unpaired) electrons. The summed E-state index contributed by atoms with van der Waals surface area (Å²) in [4.78, 5) is 0. The molecule has 0 aliphatic carbocycles. The van der Waals surface area contributed by atoms with E-state index in [9.17, 15) is 0 Å². The van der Waals surface area contributed by atoms with Crippen LogP contribution in [0.1, 0.15) is 58.3 Å². The lowest BCUT2D eigenvalue weighted by molar-refractivity contribution is 0.197. The third kappa shape index (κ3) is 11.7. The summed E-state index contributed by atoms with van der Waals surface area (Å²) in [7, 11) is 1.68. The topological polar surface area (TPSA) is 45.0 Å². The van der Waals surface area contributed by atoms with E-state index in [4.69, 9.17) is 10.00 Å². The van der Waals surface area contributed by atoms with Crippen molar-refractivity contribution in [1.29, 1.82) is 5.26 Å². The van der Waals surface area contributed by atoms with E-state index in [0.29, 0.717) is 6.61 Å². The maximum Gasteiger partial charge on any atom is 0.0953 e. The summed E-state index contributed by atoms with van der Waals surface area (Å²) in [6.07, 6.45) is 10.1. The van der Waals surface area contributed by atoms with Gasteiger partial charge in [0.05, 0.1) is 18.7 Å². The number of nitriles is 1. The number of methoxy groups -OCH3 is 1. The number of unbranched alkanes of at least 4 members (excludes halogenated alkanes) is 6. The first-order valence-corrected chi connectivity index (χ1v) is 6.97. The second-order valence-corrected chi connectivity index (χ2v) is 4.54. The van der Waals surface area contributed by atoms with Crippen LogP contribution in [0.15, 0.2) is 0 Å². The second kappa shape index (κ2) is 13.5. The molecule has 1 atom stereocenters. The number of ether oxygens (including phenoxy) is 1. The predicted molar refractivity (Wildman–Crippen MR) is 71.9 cm³/mol. The van der Waals surface area contributed by atoms with Crippen LogP contribution in [0.5, 0.6) is 0 Å². The maximum atomic E-state index is 8.94. The molecule has 0 saturated heterocycles. The van der Waals surface area contributed by atoms with E-state index in [1.807, 2.05) is 0 Å². The highest BCUT2D eigenvalue weighted by molar-refractivity contribution is 4.89. The minimum atomic E-state index is 0.000733. The van der Waals surface area contributed by atoms with Gasteiger partial charge in [-0.1, -0.05) is 51.9 Å². The fourth-order valence-corrected chi connectivity index (χ4v) is 1.85. The van der Waals surface area contributed by atoms with Crippen LogP contribution in [0, 0.1) is 11.3 Å². The number of rotatable bonds is 12. The van der Waals surface area contributed by atoms with E-state index in [2.05, 4.69) is 18.3 Å². The van der Waals surface area contributed by atoms with Crippen molar-refractivity contribution >= 4 is 0 Å². The van der Waals surface area contributed by atoms with E-state index >= 15 is 0 Å². The average molecular weight is 240 g/mol. The third-order valence-electron chi connectivity index (χ3n) is 2.95. The number of nitrogens with zero attached hydrogens (tertiary/aromatic N) is 1. The zero-order valence-electron chi connectivity index (χ0n) is 11.5. The van der Waals surface area contributed by atoms with Gasteiger partial charge in [-0.15, -0.1) is 0 Å². The molecule has 0 aromatic carbocycles. The summed E-state index contributed by atoms with van der Waals surface area (Å²) in [6.45, 7) is 3.68. The second-order valence-electron chi connectivity index (χ2n) is 4.54. The van der Waals surface area contributed by atoms with Crippen molar-refractivity contribution in [1.82, 2.24) is 5.32 Å². The molecule has 3 nitrogen and oxygen atoms in total. The minimum Gasteiger partial charge on any atom is -0.383 e. The molecule has 17 heavy (non-hydrogen) atoms. The summed E-state index contributed by atoms with van der Waals surface area (Å²) in [6, 6.07) is 2.31. The molecule has 0 amide bonds. The van der Waals surface area contributed by atoms with Crippen molar-refractivity contribution in [2.75, 3.05) is 20.3 Å². The Hall–Kier alpha value is -0.590. The summed E-state index contributed by atoms with van der Waals surface area (Å²) in [5.41, 5.74) is 0. The van der Waals surface area contributed by atoms with Gasteiger partial charge in [-0.05, 0) is 6.42 Å². The number of hydrogen-bond donors (Lipinski definition) is 1. The van der Waals surface area contributed by atoms with Gasteiger partial charge in [0.25, 0.3) is 0 Å². The molecule has 0 bridgehead atoms. The van der Waals surface area contributed by atoms with Crippen molar-refractivity contribution < 1.29 is 4.74 Å². The summed E-state index contributed by atoms with van der Waals surface area (Å²) in [5.74, 6) is 0. The normalized spacial score (nSPS) is 12.3. The van der Waals surface area contributed by atoms with Crippen LogP contribution in [0.4, 0.5) is 0 Å². The SMILES string of the molecule is CCCCCCCCCC(C#N)NCCOC. The third-order valence-corrected chi connectivity index (χ3v) is 2.95. The molecule has 0 fully saturated rings. The molecule has 0 rings (SSSR count). The lowest BCUT2D eigenvalue weighted by Crippen LogP contribution is -2.30. The average Bonchev–Trinajstić information content (AvgIpc) is 2.35. The van der Waals surface area contributed by atoms with Crippen LogP contribution in [0.25, 0.3) is 0 Å². The van der Waals surface area contributed by atoms with Crippen molar-refractivity contribution in [3.8, 4) is 6.07 Å². The molecule has 3 heteroatoms. The maximum absolute atomic E-state index is 8.94. The molecular weight excluding hydrogens is 212 g/mol. The van der Waals surface area contributed by atoms with Gasteiger partial charge in [-0.3, -0.25) is 5.32 Å². The summed E-state index contributed by atoms with van der Waals surface area (Å²) >= 11 is 0. The number of hydrogen-bond acceptors (Lipinski definition) is 3. The Labute approximate surface area is 107 Å². The Morgan fingerprint density at radius 1 is 1.12 bits per heavy atom. The molecule has 1 unspecified atom stereocenters. The minimum absolute atomic E-state index is 0.000733. The number of nitrogens with one attached hydrogen (secondary N) is 1. The van der Waals surface area contributed by atoms with E-state index < -0.39 is 0 Å². The zero-order chi connectivity index (χ0) is 12.8. The molecule has 0 spiro atoms. The summed E-state index contributed by atoms with van der Waals surface area (Å²) in [5, 5.41) is 12.1. The molecule has 0 saturated carbocycles. The Bertz CT molecular complexity index is 189. The van der Waals surface area contributed by atoms with E-state index in [-0.39, 0.29) is 6.04 Å². The van der Waals surface area contributed by atoms with Crippen LogP contribution < -0.4 is 5.32 Å². The highest BCUT2D eigenvalue weighted by Gasteiger charge is 2.04. The molecule has 0 aromatic heterocycles. The van der Waals surface area contributed by atoms with Crippen LogP contribution in [0.3, 0.4) is 0 Å². The van der Waals surface area contributed by atoms with Crippen molar-refractivity contribution in [2.45, 2.75) is 64.3 Å². The van der Waals surface area contributed by atoms with Gasteiger partial charge in [0.15, 0.2) is 0 Å². The first kappa shape index (κ1) is 16.4. The molecule has 0 aliphatic heterocycles. The fourth-order valence-electron chi connectivity index (χ4n) is 1.85. The van der Waals surface area contributed by atoms with Crippen LogP contribution in [-0.4, -0.2) is 26.3 Å². The Balaban J connectivity index is 3.29. The quantitative estimate of drug-likeness (QED) is 0.533. The van der Waals surface area contributed by atoms with Gasteiger partial charge in [0.2, 0.25) is 0 Å². The molecule has 0 aromatic rings. The van der Waals surface area contributed by atoms with Gasteiger partial charge in [-0.25, -0.2) is 0 Å². The van der Waals surface area contributed by atoms with E-state index in [1.54, 1.807) is 7.11 Å². The van der Waals surface area contributed by atoms with Crippen molar-refractivity contribution in [3.63, 3.8) is 0 Å². The predicted octanol–water partition coefficient (Wildman–Crippen LogP) is 3.26. The van der Waals surface area contributed by atoms with Crippen molar-refractivity contribution in [2.24, 2.45) is 0 Å². The van der Waals surface area contributed by atoms with Gasteiger partial charge in [-0.2, -0.15) is 5.26 Å². The lowest BCUT2D eigenvalue weighted by Gasteiger charge is -2.10. The lowest BCUT2D eigenvalue weighted by atomic mass is 10.1. The highest BCUT2D eigenvalue weighted by Crippen LogP contribution is 2.09. The Morgan fingerprint density at radius 3 is 2.35 bits per heavy atom. The first-order chi connectivity index (χ1) is 8.35. The molecular formula is C14H28N2O. The van der Waals surface area contributed by atoms with Crippen LogP contribution in [0.2, 0.25) is 0 Å². The Kier molecular flexibility index (Phi) is 13.0. The largest absolute Gasteiger partial charge is 0.383 e. The monoisotopic (exact) mass is 240 g/mol. The van der Waals surface area contributed by atoms with Gasteiger partial charge >= 0.3 is 0 Å². The van der Waals surface area contributed by atoms with Crippen LogP contribution in [-0.2, 0) is 4.74 Å². The molecule has 0 aliphatic rings. The van der Waals surface area contributed by atoms with E-state index in [1.165, 1.54) is 38.5 Å². The zero-order valence-corrected chi connectivity index (χ0v) is 11.5. The molecule has 0 heterocycles. The van der Waals surface area contributed by atoms with Crippen LogP contribution >= 0.6 is 0 Å². The first-order valence-electron chi connectivity index (χ1n) is 6.97. The van der Waals surface area contributed by atoms with Gasteiger partial charge in [0.1, 0.15) is 0 Å². The fraction of sp³-hybridized carbons (Fsp3) is 0.929. The van der Waals surface area contributed by atoms with Gasteiger partial charge in [0, 0.05) is 13.7 Å². The van der Waals surface area contributed by atoms with E-state index in [0.717, 1.165) is 19.4 Å². The van der Waals surface area contributed by atoms with Gasteiger partial charge < -0.3 is 4.74 Å². The standard InChI is InChI=1S/C14H28N2O/c1-3-4-5-6-7-8-9-10-14(13-15)16-11-12-17-2/h14,16H,3-12H2,1-2H3. The molecule has 100 valence electrons. The smallest absolute Gasteiger partial charge is 0.0953 e. The molecule has 1 N–H and O–H groups in total. The highest BCUT2D eigenvalue weighted by atomic mass is 16.5.